The molecule has 4 heterocycles. The predicted octanol–water partition coefficient (Wildman–Crippen LogP) is 20.1. The van der Waals surface area contributed by atoms with E-state index in [1.165, 1.54) is 47.4 Å². The molecular formula is C75H47N5S. The zero-order valence-electron chi connectivity index (χ0n) is 43.8. The molecule has 0 atom stereocenters. The Bertz CT molecular complexity index is 5100. The fraction of sp³-hybridized carbons (Fsp3) is 0. The van der Waals surface area contributed by atoms with E-state index in [0.29, 0.717) is 17.5 Å². The molecule has 81 heavy (non-hydrogen) atoms. The lowest BCUT2D eigenvalue weighted by Gasteiger charge is -2.17. The van der Waals surface area contributed by atoms with Crippen LogP contribution in [0.15, 0.2) is 285 Å². The predicted molar refractivity (Wildman–Crippen MR) is 339 cm³/mol. The van der Waals surface area contributed by atoms with Gasteiger partial charge in [-0.3, -0.25) is 0 Å². The molecule has 0 radical (unpaired) electrons. The van der Waals surface area contributed by atoms with Gasteiger partial charge in [0.1, 0.15) is 0 Å². The Morgan fingerprint density at radius 1 is 0.247 bits per heavy atom. The molecule has 4 aromatic heterocycles. The fourth-order valence-corrected chi connectivity index (χ4v) is 13.4. The molecule has 0 amide bonds. The van der Waals surface area contributed by atoms with Gasteiger partial charge < -0.3 is 9.13 Å². The molecule has 16 aromatic rings. The molecule has 0 aliphatic rings. The average Bonchev–Trinajstić information content (AvgIpc) is 4.36. The summed E-state index contributed by atoms with van der Waals surface area (Å²) >= 11 is 1.80. The summed E-state index contributed by atoms with van der Waals surface area (Å²) in [7, 11) is 0. The van der Waals surface area contributed by atoms with E-state index in [1.54, 1.807) is 11.3 Å². The summed E-state index contributed by atoms with van der Waals surface area (Å²) in [4.78, 5) is 16.5. The second-order valence-electron chi connectivity index (χ2n) is 20.7. The van der Waals surface area contributed by atoms with Crippen LogP contribution in [-0.4, -0.2) is 24.1 Å². The summed E-state index contributed by atoms with van der Waals surface area (Å²) < 4.78 is 7.31. The summed E-state index contributed by atoms with van der Waals surface area (Å²) in [5.74, 6) is 1.78. The van der Waals surface area contributed by atoms with Crippen molar-refractivity contribution in [3.8, 4) is 90.0 Å². The van der Waals surface area contributed by atoms with Gasteiger partial charge in [0.25, 0.3) is 0 Å². The average molecular weight is 1050 g/mol. The van der Waals surface area contributed by atoms with Crippen molar-refractivity contribution in [1.29, 1.82) is 0 Å². The molecular weight excluding hydrogens is 1000 g/mol. The van der Waals surface area contributed by atoms with Crippen molar-refractivity contribution in [2.45, 2.75) is 0 Å². The number of fused-ring (bicyclic) bond motifs is 9. The molecule has 378 valence electrons. The first-order valence-corrected chi connectivity index (χ1v) is 28.2. The molecule has 0 aliphatic carbocycles. The van der Waals surface area contributed by atoms with Gasteiger partial charge in [0.15, 0.2) is 17.5 Å². The number of hydrogen-bond donors (Lipinski definition) is 0. The lowest BCUT2D eigenvalue weighted by atomic mass is 9.95. The van der Waals surface area contributed by atoms with E-state index in [-0.39, 0.29) is 0 Å². The van der Waals surface area contributed by atoms with Gasteiger partial charge in [-0.1, -0.05) is 218 Å². The molecule has 0 spiro atoms. The van der Waals surface area contributed by atoms with Crippen molar-refractivity contribution in [2.75, 3.05) is 0 Å². The molecule has 6 heteroatoms. The second-order valence-corrected chi connectivity index (χ2v) is 21.8. The summed E-state index contributed by atoms with van der Waals surface area (Å²) in [5, 5.41) is 7.21. The van der Waals surface area contributed by atoms with Gasteiger partial charge in [-0.2, -0.15) is 0 Å². The minimum atomic E-state index is 0.579. The third kappa shape index (κ3) is 7.87. The van der Waals surface area contributed by atoms with Crippen LogP contribution in [0.2, 0.25) is 0 Å². The van der Waals surface area contributed by atoms with Gasteiger partial charge in [-0.15, -0.1) is 11.3 Å². The molecule has 0 saturated heterocycles. The summed E-state index contributed by atoms with van der Waals surface area (Å²) in [6.45, 7) is 0. The van der Waals surface area contributed by atoms with E-state index in [1.807, 2.05) is 0 Å². The van der Waals surface area contributed by atoms with Gasteiger partial charge in [0.2, 0.25) is 0 Å². The van der Waals surface area contributed by atoms with Crippen LogP contribution in [0, 0.1) is 0 Å². The third-order valence-corrected chi connectivity index (χ3v) is 17.1. The maximum absolute atomic E-state index is 5.56. The van der Waals surface area contributed by atoms with Crippen LogP contribution in [0.3, 0.4) is 0 Å². The van der Waals surface area contributed by atoms with Crippen molar-refractivity contribution in [3.63, 3.8) is 0 Å². The Morgan fingerprint density at radius 2 is 0.704 bits per heavy atom. The molecule has 0 bridgehead atoms. The fourth-order valence-electron chi connectivity index (χ4n) is 12.3. The van der Waals surface area contributed by atoms with Gasteiger partial charge in [0.05, 0.1) is 27.8 Å². The normalized spacial score (nSPS) is 11.7. The standard InChI is InChI=1S/C75H47N5S/c1-5-20-48(21-6-1)51-26-17-27-54(44-51)73-76-74(55-40-41-58-57-30-14-16-37-69(57)81-70(58)47-55)78-75(77-73)63-43-39-53(50-24-9-3-10-25-50)46-68(63)80-66-36-19-33-60(72(66)62-42-38-52(45-67(62)80)49-22-7-2-8-23-49)59-32-18-35-65-71(59)61-31-13-15-34-64(61)79(65)56-28-11-4-12-29-56/h1-47H. The first-order valence-electron chi connectivity index (χ1n) is 27.4. The number of para-hydroxylation sites is 2. The van der Waals surface area contributed by atoms with Crippen molar-refractivity contribution >= 4 is 75.1 Å². The van der Waals surface area contributed by atoms with E-state index in [2.05, 4.69) is 294 Å². The highest BCUT2D eigenvalue weighted by Crippen LogP contribution is 2.46. The Kier molecular flexibility index (Phi) is 11.0. The smallest absolute Gasteiger partial charge is 0.166 e. The zero-order valence-corrected chi connectivity index (χ0v) is 44.6. The second kappa shape index (κ2) is 19.1. The number of hydrogen-bond acceptors (Lipinski definition) is 4. The highest BCUT2D eigenvalue weighted by atomic mass is 32.1. The molecule has 16 rings (SSSR count). The van der Waals surface area contributed by atoms with E-state index >= 15 is 0 Å². The largest absolute Gasteiger partial charge is 0.309 e. The van der Waals surface area contributed by atoms with Crippen LogP contribution in [0.25, 0.3) is 154 Å². The lowest BCUT2D eigenvalue weighted by molar-refractivity contribution is 1.07. The maximum atomic E-state index is 5.56. The third-order valence-electron chi connectivity index (χ3n) is 16.0. The first kappa shape index (κ1) is 46.6. The van der Waals surface area contributed by atoms with Gasteiger partial charge >= 0.3 is 0 Å². The van der Waals surface area contributed by atoms with Crippen LogP contribution in [0.1, 0.15) is 0 Å². The monoisotopic (exact) mass is 1050 g/mol. The number of thiophene rings is 1. The number of aromatic nitrogens is 5. The lowest BCUT2D eigenvalue weighted by Crippen LogP contribution is -2.04. The minimum Gasteiger partial charge on any atom is -0.309 e. The number of benzene rings is 12. The Morgan fingerprint density at radius 3 is 1.40 bits per heavy atom. The van der Waals surface area contributed by atoms with Crippen molar-refractivity contribution in [3.05, 3.63) is 285 Å². The Hall–Kier alpha value is -10.5. The van der Waals surface area contributed by atoms with Gasteiger partial charge in [-0.05, 0) is 111 Å². The van der Waals surface area contributed by atoms with E-state index in [4.69, 9.17) is 15.0 Å². The summed E-state index contributed by atoms with van der Waals surface area (Å²) in [6, 6.07) is 103. The van der Waals surface area contributed by atoms with E-state index < -0.39 is 0 Å². The van der Waals surface area contributed by atoms with E-state index in [9.17, 15) is 0 Å². The van der Waals surface area contributed by atoms with Crippen LogP contribution < -0.4 is 0 Å². The molecule has 0 aliphatic heterocycles. The maximum Gasteiger partial charge on any atom is 0.166 e. The summed E-state index contributed by atoms with van der Waals surface area (Å²) in [6.07, 6.45) is 0. The first-order chi connectivity index (χ1) is 40.2. The molecule has 5 nitrogen and oxygen atoms in total. The van der Waals surface area contributed by atoms with Gasteiger partial charge in [0, 0.05) is 64.1 Å². The zero-order chi connectivity index (χ0) is 53.4. The van der Waals surface area contributed by atoms with E-state index in [0.717, 1.165) is 88.9 Å². The highest BCUT2D eigenvalue weighted by Gasteiger charge is 2.25. The minimum absolute atomic E-state index is 0.579. The number of nitrogens with zero attached hydrogens (tertiary/aromatic N) is 5. The number of rotatable bonds is 9. The summed E-state index contributed by atoms with van der Waals surface area (Å²) in [5.41, 5.74) is 18.3. The topological polar surface area (TPSA) is 48.5 Å². The SMILES string of the molecule is c1ccc(-c2cccc(-c3nc(-c4ccc5c(c4)sc4ccccc45)nc(-c4ccc(-c5ccccc5)cc4-n4c5cc(-c6ccccc6)ccc5c5c(-c6cccc7c6c6ccccc6n7-c6ccccc6)cccc54)n3)c2)cc1. The Balaban J connectivity index is 0.988. The quantitative estimate of drug-likeness (QED) is 0.145. The van der Waals surface area contributed by atoms with Crippen LogP contribution in [-0.2, 0) is 0 Å². The molecule has 0 saturated carbocycles. The van der Waals surface area contributed by atoms with Crippen molar-refractivity contribution in [2.24, 2.45) is 0 Å². The molecule has 12 aromatic carbocycles. The van der Waals surface area contributed by atoms with Crippen molar-refractivity contribution < 1.29 is 0 Å². The molecule has 0 fully saturated rings. The Labute approximate surface area is 471 Å². The van der Waals surface area contributed by atoms with Crippen molar-refractivity contribution in [1.82, 2.24) is 24.1 Å². The molecule has 0 N–H and O–H groups in total. The highest BCUT2D eigenvalue weighted by molar-refractivity contribution is 7.25. The molecule has 0 unspecified atom stereocenters. The van der Waals surface area contributed by atoms with Crippen LogP contribution in [0.4, 0.5) is 0 Å². The van der Waals surface area contributed by atoms with Gasteiger partial charge in [-0.25, -0.2) is 15.0 Å². The van der Waals surface area contributed by atoms with Crippen LogP contribution >= 0.6 is 11.3 Å². The van der Waals surface area contributed by atoms with Crippen LogP contribution in [0.5, 0.6) is 0 Å².